The summed E-state index contributed by atoms with van der Waals surface area (Å²) in [7, 11) is 0. The smallest absolute Gasteiger partial charge is 0.418 e. The highest BCUT2D eigenvalue weighted by atomic mass is 19.4. The van der Waals surface area contributed by atoms with Crippen LogP contribution in [0.15, 0.2) is 48.7 Å². The lowest BCUT2D eigenvalue weighted by atomic mass is 9.74. The number of phenols is 1. The number of rotatable bonds is 7. The zero-order valence-corrected chi connectivity index (χ0v) is 18.7. The average molecular weight is 498 g/mol. The molecule has 0 saturated heterocycles. The van der Waals surface area contributed by atoms with Gasteiger partial charge in [-0.25, -0.2) is 13.5 Å². The standard InChI is InChI=1S/C23H23F5N4O3/c1-21(2,15-9-13(24)7-8-18(15)33)11-22(35,23(26,27)28)12-30-20(34)14-10-31-32(19(14)29)17-6-4-3-5-16(17)25/h3-10,33,35H,11-12,29H2,1-2H3,(H,30,34)/t22-/m0/s1. The molecule has 0 saturated carbocycles. The van der Waals surface area contributed by atoms with Gasteiger partial charge in [0.2, 0.25) is 0 Å². The van der Waals surface area contributed by atoms with Gasteiger partial charge in [-0.2, -0.15) is 18.3 Å². The van der Waals surface area contributed by atoms with E-state index >= 15 is 0 Å². The van der Waals surface area contributed by atoms with Crippen molar-refractivity contribution in [2.24, 2.45) is 0 Å². The fraction of sp³-hybridized carbons (Fsp3) is 0.304. The molecule has 0 spiro atoms. The predicted molar refractivity (Wildman–Crippen MR) is 117 cm³/mol. The molecular weight excluding hydrogens is 475 g/mol. The van der Waals surface area contributed by atoms with Gasteiger partial charge in [-0.3, -0.25) is 4.79 Å². The highest BCUT2D eigenvalue weighted by Crippen LogP contribution is 2.43. The van der Waals surface area contributed by atoms with Crippen LogP contribution in [0.1, 0.15) is 36.2 Å². The molecule has 0 radical (unpaired) electrons. The SMILES string of the molecule is CC(C)(C[C@](O)(CNC(=O)c1cnn(-c2ccccc2F)c1N)C(F)(F)F)c1cc(F)ccc1O. The summed E-state index contributed by atoms with van der Waals surface area (Å²) in [6.45, 7) is 1.30. The molecule has 5 N–H and O–H groups in total. The van der Waals surface area contributed by atoms with Crippen molar-refractivity contribution in [2.45, 2.75) is 37.5 Å². The maximum atomic E-state index is 14.0. The molecule has 188 valence electrons. The van der Waals surface area contributed by atoms with E-state index in [4.69, 9.17) is 5.73 Å². The van der Waals surface area contributed by atoms with Gasteiger partial charge in [-0.15, -0.1) is 0 Å². The number of aromatic nitrogens is 2. The summed E-state index contributed by atoms with van der Waals surface area (Å²) in [6.07, 6.45) is -5.27. The number of hydrogen-bond acceptors (Lipinski definition) is 5. The van der Waals surface area contributed by atoms with Crippen LogP contribution in [-0.4, -0.2) is 44.2 Å². The van der Waals surface area contributed by atoms with Crippen LogP contribution in [0.2, 0.25) is 0 Å². The molecule has 12 heteroatoms. The van der Waals surface area contributed by atoms with Crippen molar-refractivity contribution < 1.29 is 37.0 Å². The minimum absolute atomic E-state index is 0.0764. The molecule has 3 rings (SSSR count). The number of nitrogens with zero attached hydrogens (tertiary/aromatic N) is 2. The summed E-state index contributed by atoms with van der Waals surface area (Å²) >= 11 is 0. The van der Waals surface area contributed by atoms with Crippen molar-refractivity contribution in [1.29, 1.82) is 0 Å². The molecule has 7 nitrogen and oxygen atoms in total. The Morgan fingerprint density at radius 2 is 1.80 bits per heavy atom. The third-order valence-electron chi connectivity index (χ3n) is 5.62. The molecule has 0 aliphatic rings. The number of phenolic OH excluding ortho intramolecular Hbond substituents is 1. The first-order valence-corrected chi connectivity index (χ1v) is 10.3. The largest absolute Gasteiger partial charge is 0.508 e. The van der Waals surface area contributed by atoms with Crippen LogP contribution in [0.5, 0.6) is 5.75 Å². The Labute approximate surface area is 197 Å². The van der Waals surface area contributed by atoms with E-state index in [-0.39, 0.29) is 22.6 Å². The van der Waals surface area contributed by atoms with Crippen molar-refractivity contribution in [3.05, 3.63) is 71.4 Å². The quantitative estimate of drug-likeness (QED) is 0.370. The first-order valence-electron chi connectivity index (χ1n) is 10.3. The number of aromatic hydroxyl groups is 1. The van der Waals surface area contributed by atoms with E-state index in [0.29, 0.717) is 0 Å². The summed E-state index contributed by atoms with van der Waals surface area (Å²) in [5.41, 5.74) is 0.286. The second-order valence-corrected chi connectivity index (χ2v) is 8.74. The van der Waals surface area contributed by atoms with Crippen molar-refractivity contribution in [2.75, 3.05) is 12.3 Å². The number of alkyl halides is 3. The van der Waals surface area contributed by atoms with Crippen LogP contribution in [0.4, 0.5) is 27.8 Å². The Morgan fingerprint density at radius 3 is 2.43 bits per heavy atom. The minimum atomic E-state index is -5.20. The molecule has 1 atom stereocenters. The van der Waals surface area contributed by atoms with E-state index in [9.17, 15) is 37.0 Å². The molecule has 35 heavy (non-hydrogen) atoms. The van der Waals surface area contributed by atoms with E-state index in [0.717, 1.165) is 35.1 Å². The molecule has 0 aliphatic heterocycles. The van der Waals surface area contributed by atoms with E-state index in [1.807, 2.05) is 5.32 Å². The number of nitrogens with two attached hydrogens (primary N) is 1. The molecule has 0 bridgehead atoms. The number of anilines is 1. The zero-order chi connectivity index (χ0) is 26.2. The molecule has 0 aliphatic carbocycles. The lowest BCUT2D eigenvalue weighted by Gasteiger charge is -2.38. The monoisotopic (exact) mass is 498 g/mol. The summed E-state index contributed by atoms with van der Waals surface area (Å²) < 4.78 is 70.4. The van der Waals surface area contributed by atoms with Gasteiger partial charge in [0.25, 0.3) is 5.91 Å². The molecule has 2 aromatic carbocycles. The number of benzene rings is 2. The summed E-state index contributed by atoms with van der Waals surface area (Å²) in [5.74, 6) is -3.33. The van der Waals surface area contributed by atoms with Gasteiger partial charge < -0.3 is 21.3 Å². The first kappa shape index (κ1) is 25.9. The highest BCUT2D eigenvalue weighted by Gasteiger charge is 2.56. The lowest BCUT2D eigenvalue weighted by molar-refractivity contribution is -0.263. The Balaban J connectivity index is 1.84. The van der Waals surface area contributed by atoms with Crippen LogP contribution < -0.4 is 11.1 Å². The number of hydrogen-bond donors (Lipinski definition) is 4. The molecule has 0 unspecified atom stereocenters. The van der Waals surface area contributed by atoms with Crippen LogP contribution in [-0.2, 0) is 5.41 Å². The summed E-state index contributed by atoms with van der Waals surface area (Å²) in [6, 6.07) is 8.22. The Hall–Kier alpha value is -3.67. The van der Waals surface area contributed by atoms with Gasteiger partial charge >= 0.3 is 6.18 Å². The Morgan fingerprint density at radius 1 is 1.14 bits per heavy atom. The van der Waals surface area contributed by atoms with Gasteiger partial charge in [0.15, 0.2) is 5.60 Å². The molecule has 1 aromatic heterocycles. The highest BCUT2D eigenvalue weighted by molar-refractivity contribution is 5.98. The van der Waals surface area contributed by atoms with E-state index in [2.05, 4.69) is 5.10 Å². The number of carbonyl (C=O) groups excluding carboxylic acids is 1. The Bertz CT molecular complexity index is 1240. The second kappa shape index (κ2) is 9.17. The van der Waals surface area contributed by atoms with Gasteiger partial charge in [0.05, 0.1) is 12.7 Å². The van der Waals surface area contributed by atoms with Crippen LogP contribution in [0.25, 0.3) is 5.69 Å². The first-order chi connectivity index (χ1) is 16.2. The van der Waals surface area contributed by atoms with Crippen molar-refractivity contribution >= 4 is 11.7 Å². The number of halogens is 5. The van der Waals surface area contributed by atoms with E-state index in [1.54, 1.807) is 0 Å². The van der Waals surface area contributed by atoms with Crippen molar-refractivity contribution in [1.82, 2.24) is 15.1 Å². The molecule has 0 fully saturated rings. The average Bonchev–Trinajstić information content (AvgIpc) is 3.14. The van der Waals surface area contributed by atoms with E-state index < -0.39 is 53.4 Å². The normalized spacial score (nSPS) is 13.9. The van der Waals surface area contributed by atoms with Crippen molar-refractivity contribution in [3.8, 4) is 11.4 Å². The van der Waals surface area contributed by atoms with Crippen LogP contribution >= 0.6 is 0 Å². The minimum Gasteiger partial charge on any atom is -0.508 e. The summed E-state index contributed by atoms with van der Waals surface area (Å²) in [4.78, 5) is 12.6. The third kappa shape index (κ3) is 5.21. The fourth-order valence-corrected chi connectivity index (χ4v) is 3.81. The number of amides is 1. The molecular formula is C23H23F5N4O3. The zero-order valence-electron chi connectivity index (χ0n) is 18.7. The lowest BCUT2D eigenvalue weighted by Crippen LogP contribution is -2.56. The molecule has 1 heterocycles. The number of para-hydroxylation sites is 1. The second-order valence-electron chi connectivity index (χ2n) is 8.74. The van der Waals surface area contributed by atoms with Gasteiger partial charge in [-0.1, -0.05) is 26.0 Å². The number of nitrogens with one attached hydrogen (secondary N) is 1. The topological polar surface area (TPSA) is 113 Å². The van der Waals surface area contributed by atoms with E-state index in [1.165, 1.54) is 32.0 Å². The number of carbonyl (C=O) groups is 1. The van der Waals surface area contributed by atoms with Crippen LogP contribution in [0, 0.1) is 11.6 Å². The summed E-state index contributed by atoms with van der Waals surface area (Å²) in [5, 5.41) is 26.4. The van der Waals surface area contributed by atoms with Crippen LogP contribution in [0.3, 0.4) is 0 Å². The van der Waals surface area contributed by atoms with Gasteiger partial charge in [-0.05, 0) is 42.2 Å². The maximum Gasteiger partial charge on any atom is 0.418 e. The third-order valence-corrected chi connectivity index (χ3v) is 5.62. The number of nitrogen functional groups attached to an aromatic ring is 1. The predicted octanol–water partition coefficient (Wildman–Crippen LogP) is 3.83. The number of aliphatic hydroxyl groups is 1. The van der Waals surface area contributed by atoms with Gasteiger partial charge in [0, 0.05) is 5.56 Å². The molecule has 3 aromatic rings. The maximum absolute atomic E-state index is 14.0. The molecule has 1 amide bonds. The van der Waals surface area contributed by atoms with Gasteiger partial charge in [0.1, 0.15) is 34.5 Å². The fourth-order valence-electron chi connectivity index (χ4n) is 3.81. The van der Waals surface area contributed by atoms with Crippen molar-refractivity contribution in [3.63, 3.8) is 0 Å². The Kier molecular flexibility index (Phi) is 6.80.